The van der Waals surface area contributed by atoms with Crippen molar-refractivity contribution in [3.8, 4) is 0 Å². The number of pyridine rings is 1. The van der Waals surface area contributed by atoms with Crippen molar-refractivity contribution in [2.24, 2.45) is 0 Å². The number of aromatic nitrogens is 1. The van der Waals surface area contributed by atoms with Crippen LogP contribution in [0.1, 0.15) is 43.1 Å². The number of amides is 1. The summed E-state index contributed by atoms with van der Waals surface area (Å²) in [5, 5.41) is 2.96. The van der Waals surface area contributed by atoms with Crippen molar-refractivity contribution in [2.75, 3.05) is 18.5 Å². The normalized spacial score (nSPS) is 14.3. The largest absolute Gasteiger partial charge is 0.374 e. The maximum atomic E-state index is 11.9. The molecule has 4 nitrogen and oxygen atoms in total. The predicted octanol–water partition coefficient (Wildman–Crippen LogP) is 2.21. The summed E-state index contributed by atoms with van der Waals surface area (Å²) < 4.78 is 0. The molecule has 0 atom stereocenters. The summed E-state index contributed by atoms with van der Waals surface area (Å²) in [6.07, 6.45) is 6.23. The van der Waals surface area contributed by atoms with Crippen molar-refractivity contribution in [1.82, 2.24) is 10.3 Å². The fraction of sp³-hybridized carbons (Fsp3) is 0.571. The van der Waals surface area contributed by atoms with Crippen molar-refractivity contribution in [1.29, 1.82) is 0 Å². The average Bonchev–Trinajstić information content (AvgIpc) is 3.20. The highest BCUT2D eigenvalue weighted by Gasteiger charge is 2.24. The molecule has 0 bridgehead atoms. The molecular formula is C14H21N3O. The quantitative estimate of drug-likeness (QED) is 0.838. The summed E-state index contributed by atoms with van der Waals surface area (Å²) in [6, 6.07) is 4.19. The van der Waals surface area contributed by atoms with E-state index >= 15 is 0 Å². The van der Waals surface area contributed by atoms with Gasteiger partial charge in [0.2, 0.25) is 0 Å². The van der Waals surface area contributed by atoms with Gasteiger partial charge in [-0.3, -0.25) is 9.78 Å². The molecule has 1 amide bonds. The minimum Gasteiger partial charge on any atom is -0.374 e. The average molecular weight is 247 g/mol. The maximum absolute atomic E-state index is 11.9. The second-order valence-electron chi connectivity index (χ2n) is 4.92. The standard InChI is InChI=1S/C14H21N3O/c1-3-4-9-17(2)12-7-8-15-13(10-12)14(18)16-11-5-6-11/h7-8,10-11H,3-6,9H2,1-2H3,(H,16,18). The van der Waals surface area contributed by atoms with Crippen LogP contribution in [0.4, 0.5) is 5.69 Å². The molecule has 0 radical (unpaired) electrons. The zero-order chi connectivity index (χ0) is 13.0. The minimum atomic E-state index is -0.0526. The third-order valence-electron chi connectivity index (χ3n) is 3.18. The van der Waals surface area contributed by atoms with Gasteiger partial charge < -0.3 is 10.2 Å². The van der Waals surface area contributed by atoms with Gasteiger partial charge in [0.25, 0.3) is 5.91 Å². The minimum absolute atomic E-state index is 0.0526. The number of carbonyl (C=O) groups excluding carboxylic acids is 1. The Kier molecular flexibility index (Phi) is 4.18. The van der Waals surface area contributed by atoms with E-state index in [1.807, 2.05) is 19.2 Å². The molecule has 1 aliphatic rings. The van der Waals surface area contributed by atoms with Gasteiger partial charge in [-0.15, -0.1) is 0 Å². The van der Waals surface area contributed by atoms with Gasteiger partial charge >= 0.3 is 0 Å². The van der Waals surface area contributed by atoms with Crippen LogP contribution < -0.4 is 10.2 Å². The second-order valence-corrected chi connectivity index (χ2v) is 4.92. The Labute approximate surface area is 108 Å². The summed E-state index contributed by atoms with van der Waals surface area (Å²) >= 11 is 0. The molecule has 1 N–H and O–H groups in total. The summed E-state index contributed by atoms with van der Waals surface area (Å²) in [4.78, 5) is 18.2. The summed E-state index contributed by atoms with van der Waals surface area (Å²) in [5.41, 5.74) is 1.57. The van der Waals surface area contributed by atoms with E-state index in [9.17, 15) is 4.79 Å². The molecule has 98 valence electrons. The van der Waals surface area contributed by atoms with E-state index in [2.05, 4.69) is 22.1 Å². The van der Waals surface area contributed by atoms with Gasteiger partial charge in [-0.2, -0.15) is 0 Å². The molecule has 4 heteroatoms. The lowest BCUT2D eigenvalue weighted by Crippen LogP contribution is -2.27. The van der Waals surface area contributed by atoms with Crippen LogP contribution >= 0.6 is 0 Å². The van der Waals surface area contributed by atoms with Crippen LogP contribution in [0, 0.1) is 0 Å². The topological polar surface area (TPSA) is 45.2 Å². The van der Waals surface area contributed by atoms with Crippen molar-refractivity contribution in [3.05, 3.63) is 24.0 Å². The van der Waals surface area contributed by atoms with E-state index in [1.54, 1.807) is 6.20 Å². The van der Waals surface area contributed by atoms with E-state index in [-0.39, 0.29) is 5.91 Å². The van der Waals surface area contributed by atoms with Crippen LogP contribution in [-0.4, -0.2) is 30.5 Å². The number of nitrogens with zero attached hydrogens (tertiary/aromatic N) is 2. The van der Waals surface area contributed by atoms with Crippen molar-refractivity contribution in [2.45, 2.75) is 38.6 Å². The number of hydrogen-bond acceptors (Lipinski definition) is 3. The third-order valence-corrected chi connectivity index (χ3v) is 3.18. The third kappa shape index (κ3) is 3.45. The Balaban J connectivity index is 2.01. The molecular weight excluding hydrogens is 226 g/mol. The first-order chi connectivity index (χ1) is 8.70. The number of unbranched alkanes of at least 4 members (excludes halogenated alkanes) is 1. The number of nitrogens with one attached hydrogen (secondary N) is 1. The van der Waals surface area contributed by atoms with Crippen molar-refractivity contribution >= 4 is 11.6 Å². The Hall–Kier alpha value is -1.58. The highest BCUT2D eigenvalue weighted by molar-refractivity contribution is 5.93. The number of hydrogen-bond donors (Lipinski definition) is 1. The Morgan fingerprint density at radius 3 is 3.00 bits per heavy atom. The second kappa shape index (κ2) is 5.85. The monoisotopic (exact) mass is 247 g/mol. The van der Waals surface area contributed by atoms with Crippen LogP contribution in [0.5, 0.6) is 0 Å². The summed E-state index contributed by atoms with van der Waals surface area (Å²) in [7, 11) is 2.05. The van der Waals surface area contributed by atoms with Gasteiger partial charge in [0.1, 0.15) is 5.69 Å². The van der Waals surface area contributed by atoms with Gasteiger partial charge in [0.15, 0.2) is 0 Å². The van der Waals surface area contributed by atoms with E-state index < -0.39 is 0 Å². The van der Waals surface area contributed by atoms with Gasteiger partial charge in [-0.1, -0.05) is 13.3 Å². The van der Waals surface area contributed by atoms with Crippen molar-refractivity contribution < 1.29 is 4.79 Å². The van der Waals surface area contributed by atoms with E-state index in [4.69, 9.17) is 0 Å². The highest BCUT2D eigenvalue weighted by atomic mass is 16.2. The van der Waals surface area contributed by atoms with Crippen LogP contribution in [0.15, 0.2) is 18.3 Å². The molecule has 0 aromatic carbocycles. The first kappa shape index (κ1) is 12.9. The van der Waals surface area contributed by atoms with Gasteiger partial charge in [0.05, 0.1) is 0 Å². The van der Waals surface area contributed by atoms with Crippen LogP contribution in [0.3, 0.4) is 0 Å². The van der Waals surface area contributed by atoms with E-state index in [0.717, 1.165) is 31.5 Å². The van der Waals surface area contributed by atoms with Gasteiger partial charge in [-0.25, -0.2) is 0 Å². The SMILES string of the molecule is CCCCN(C)c1ccnc(C(=O)NC2CC2)c1. The molecule has 1 aromatic heterocycles. The molecule has 1 saturated carbocycles. The van der Waals surface area contributed by atoms with Crippen molar-refractivity contribution in [3.63, 3.8) is 0 Å². The Bertz CT molecular complexity index is 415. The molecule has 0 spiro atoms. The van der Waals surface area contributed by atoms with Gasteiger partial charge in [0, 0.05) is 31.5 Å². The summed E-state index contributed by atoms with van der Waals surface area (Å²) in [6.45, 7) is 3.18. The first-order valence-corrected chi connectivity index (χ1v) is 6.68. The molecule has 18 heavy (non-hydrogen) atoms. The molecule has 0 saturated heterocycles. The first-order valence-electron chi connectivity index (χ1n) is 6.68. The number of anilines is 1. The number of carbonyl (C=O) groups is 1. The van der Waals surface area contributed by atoms with Crippen LogP contribution in [0.2, 0.25) is 0 Å². The lowest BCUT2D eigenvalue weighted by Gasteiger charge is -2.19. The maximum Gasteiger partial charge on any atom is 0.270 e. The van der Waals surface area contributed by atoms with Crippen LogP contribution in [-0.2, 0) is 0 Å². The molecule has 1 aromatic rings. The molecule has 0 aliphatic heterocycles. The summed E-state index contributed by atoms with van der Waals surface area (Å²) in [5.74, 6) is -0.0526. The molecule has 2 rings (SSSR count). The molecule has 1 aliphatic carbocycles. The smallest absolute Gasteiger partial charge is 0.270 e. The number of rotatable bonds is 6. The fourth-order valence-corrected chi connectivity index (χ4v) is 1.79. The molecule has 1 fully saturated rings. The molecule has 1 heterocycles. The van der Waals surface area contributed by atoms with Crippen LogP contribution in [0.25, 0.3) is 0 Å². The fourth-order valence-electron chi connectivity index (χ4n) is 1.79. The zero-order valence-electron chi connectivity index (χ0n) is 11.1. The lowest BCUT2D eigenvalue weighted by molar-refractivity contribution is 0.0946. The predicted molar refractivity (Wildman–Crippen MR) is 72.9 cm³/mol. The molecule has 0 unspecified atom stereocenters. The zero-order valence-corrected chi connectivity index (χ0v) is 11.1. The van der Waals surface area contributed by atoms with E-state index in [1.165, 1.54) is 6.42 Å². The highest BCUT2D eigenvalue weighted by Crippen LogP contribution is 2.20. The Morgan fingerprint density at radius 1 is 1.56 bits per heavy atom. The lowest BCUT2D eigenvalue weighted by atomic mass is 10.2. The van der Waals surface area contributed by atoms with Gasteiger partial charge in [-0.05, 0) is 31.4 Å². The Morgan fingerprint density at radius 2 is 2.33 bits per heavy atom. The van der Waals surface area contributed by atoms with E-state index in [0.29, 0.717) is 11.7 Å².